The zero-order valence-electron chi connectivity index (χ0n) is 19.7. The molecule has 3 atom stereocenters. The lowest BCUT2D eigenvalue weighted by Gasteiger charge is -2.50. The second-order valence-corrected chi connectivity index (χ2v) is 9.91. The second kappa shape index (κ2) is 12.0. The Morgan fingerprint density at radius 2 is 1.94 bits per heavy atom. The van der Waals surface area contributed by atoms with Crippen LogP contribution in [0.3, 0.4) is 0 Å². The van der Waals surface area contributed by atoms with Gasteiger partial charge in [-0.3, -0.25) is 28.9 Å². The normalized spacial score (nSPS) is 19.4. The number of esters is 3. The molecule has 0 aromatic carbocycles. The lowest BCUT2D eigenvalue weighted by molar-refractivity contribution is -0.151. The summed E-state index contributed by atoms with van der Waals surface area (Å²) in [6.07, 6.45) is -0.372. The van der Waals surface area contributed by atoms with Crippen LogP contribution in [0.2, 0.25) is 0 Å². The van der Waals surface area contributed by atoms with Gasteiger partial charge in [0, 0.05) is 23.1 Å². The molecule has 14 heteroatoms. The van der Waals surface area contributed by atoms with E-state index < -0.39 is 53.6 Å². The van der Waals surface area contributed by atoms with Crippen molar-refractivity contribution in [2.45, 2.75) is 37.2 Å². The van der Waals surface area contributed by atoms with Gasteiger partial charge >= 0.3 is 17.9 Å². The minimum atomic E-state index is -1.37. The van der Waals surface area contributed by atoms with Crippen LogP contribution >= 0.6 is 23.1 Å². The first kappa shape index (κ1) is 27.2. The average Bonchev–Trinajstić information content (AvgIpc) is 3.36. The zero-order chi connectivity index (χ0) is 26.4. The van der Waals surface area contributed by atoms with Gasteiger partial charge in [-0.1, -0.05) is 6.07 Å². The van der Waals surface area contributed by atoms with E-state index in [4.69, 9.17) is 4.74 Å². The van der Waals surface area contributed by atoms with Crippen molar-refractivity contribution in [3.63, 3.8) is 0 Å². The molecule has 2 aliphatic heterocycles. The number of nitrogens with zero attached hydrogens (tertiary/aromatic N) is 1. The summed E-state index contributed by atoms with van der Waals surface area (Å²) < 4.78 is 14.3. The average molecular weight is 540 g/mol. The van der Waals surface area contributed by atoms with Gasteiger partial charge in [0.05, 0.1) is 27.1 Å². The molecule has 2 N–H and O–H groups in total. The molecule has 194 valence electrons. The van der Waals surface area contributed by atoms with Crippen molar-refractivity contribution in [1.82, 2.24) is 15.5 Å². The molecule has 2 aliphatic rings. The molecule has 1 fully saturated rings. The molecule has 3 amide bonds. The van der Waals surface area contributed by atoms with E-state index in [1.165, 1.54) is 34.9 Å². The Kier molecular flexibility index (Phi) is 9.09. The minimum absolute atomic E-state index is 0.104. The number of hydrogen-bond donors (Lipinski definition) is 2. The highest BCUT2D eigenvalue weighted by Gasteiger charge is 2.54. The van der Waals surface area contributed by atoms with Gasteiger partial charge in [0.1, 0.15) is 29.8 Å². The van der Waals surface area contributed by atoms with Crippen LogP contribution in [0.5, 0.6) is 0 Å². The van der Waals surface area contributed by atoms with Crippen molar-refractivity contribution in [3.05, 3.63) is 33.7 Å². The Balaban J connectivity index is 1.80. The molecule has 3 heterocycles. The first-order chi connectivity index (χ1) is 17.2. The van der Waals surface area contributed by atoms with Gasteiger partial charge in [-0.05, 0) is 11.4 Å². The number of hydrogen-bond acceptors (Lipinski definition) is 11. The molecule has 0 radical (unpaired) electrons. The summed E-state index contributed by atoms with van der Waals surface area (Å²) in [6.45, 7) is 0.952. The van der Waals surface area contributed by atoms with Gasteiger partial charge in [-0.25, -0.2) is 4.79 Å². The molecule has 0 aliphatic carbocycles. The van der Waals surface area contributed by atoms with Crippen LogP contribution < -0.4 is 10.6 Å². The number of nitrogens with one attached hydrogen (secondary N) is 2. The zero-order valence-corrected chi connectivity index (χ0v) is 21.4. The molecule has 0 spiro atoms. The first-order valence-corrected chi connectivity index (χ1v) is 12.7. The Morgan fingerprint density at radius 3 is 2.56 bits per heavy atom. The Bertz CT molecular complexity index is 1090. The van der Waals surface area contributed by atoms with E-state index in [1.54, 1.807) is 0 Å². The Morgan fingerprint density at radius 1 is 1.19 bits per heavy atom. The third-order valence-corrected chi connectivity index (χ3v) is 7.55. The molecule has 1 aromatic rings. The predicted molar refractivity (Wildman–Crippen MR) is 127 cm³/mol. The second-order valence-electron chi connectivity index (χ2n) is 7.77. The molecule has 1 unspecified atom stereocenters. The van der Waals surface area contributed by atoms with E-state index in [1.807, 2.05) is 17.5 Å². The van der Waals surface area contributed by atoms with Gasteiger partial charge < -0.3 is 24.8 Å². The maximum absolute atomic E-state index is 13.3. The van der Waals surface area contributed by atoms with Gasteiger partial charge in [-0.2, -0.15) is 0 Å². The molecule has 36 heavy (non-hydrogen) atoms. The summed E-state index contributed by atoms with van der Waals surface area (Å²) in [4.78, 5) is 76.0. The molecule has 1 aromatic heterocycles. The quantitative estimate of drug-likeness (QED) is 0.230. The van der Waals surface area contributed by atoms with E-state index in [-0.39, 0.29) is 30.4 Å². The van der Waals surface area contributed by atoms with Crippen molar-refractivity contribution in [2.24, 2.45) is 0 Å². The number of thioether (sulfide) groups is 1. The van der Waals surface area contributed by atoms with E-state index in [0.717, 1.165) is 19.1 Å². The van der Waals surface area contributed by atoms with Crippen LogP contribution in [0.4, 0.5) is 0 Å². The molecule has 0 saturated carbocycles. The van der Waals surface area contributed by atoms with E-state index in [0.29, 0.717) is 5.57 Å². The highest BCUT2D eigenvalue weighted by atomic mass is 32.2. The lowest BCUT2D eigenvalue weighted by Crippen LogP contribution is -2.71. The molecule has 1 saturated heterocycles. The first-order valence-electron chi connectivity index (χ1n) is 10.7. The molecular weight excluding hydrogens is 514 g/mol. The highest BCUT2D eigenvalue weighted by molar-refractivity contribution is 8.00. The number of amides is 3. The standard InChI is InChI=1S/C22H25N3O9S2/c1-11(26)34-9-12-10-36-21-17(24-15(27)7-13-5-4-6-35-13)20(30)25(21)18(12)19(29)23-14(22(31)33-3)8-16(28)32-2/h4-6,14,17,21H,7-10H2,1-3H3,(H,23,29)(H,24,27)/t14?,17-,21-/m1/s1. The lowest BCUT2D eigenvalue weighted by atomic mass is 10.0. The number of ether oxygens (including phenoxy) is 3. The number of fused-ring (bicyclic) bond motifs is 1. The fourth-order valence-corrected chi connectivity index (χ4v) is 5.64. The summed E-state index contributed by atoms with van der Waals surface area (Å²) in [5.41, 5.74) is 0.231. The van der Waals surface area contributed by atoms with E-state index >= 15 is 0 Å². The van der Waals surface area contributed by atoms with Crippen molar-refractivity contribution >= 4 is 58.7 Å². The Labute approximate surface area is 214 Å². The van der Waals surface area contributed by atoms with Crippen LogP contribution in [-0.2, 0) is 49.4 Å². The summed E-state index contributed by atoms with van der Waals surface area (Å²) in [7, 11) is 2.23. The Hall–Kier alpha value is -3.39. The number of carbonyl (C=O) groups is 6. The van der Waals surface area contributed by atoms with Gasteiger partial charge in [-0.15, -0.1) is 23.1 Å². The summed E-state index contributed by atoms with van der Waals surface area (Å²) in [5, 5.41) is 6.39. The van der Waals surface area contributed by atoms with Crippen molar-refractivity contribution in [2.75, 3.05) is 26.6 Å². The van der Waals surface area contributed by atoms with Gasteiger partial charge in [0.2, 0.25) is 5.91 Å². The van der Waals surface area contributed by atoms with Crippen LogP contribution in [0.1, 0.15) is 18.2 Å². The topological polar surface area (TPSA) is 157 Å². The predicted octanol–water partition coefficient (Wildman–Crippen LogP) is -0.271. The fourth-order valence-electron chi connectivity index (χ4n) is 3.61. The number of methoxy groups -OCH3 is 2. The summed E-state index contributed by atoms with van der Waals surface area (Å²) in [5.74, 6) is -3.70. The molecular formula is C22H25N3O9S2. The third kappa shape index (κ3) is 6.23. The monoisotopic (exact) mass is 539 g/mol. The summed E-state index contributed by atoms with van der Waals surface area (Å²) >= 11 is 2.72. The van der Waals surface area contributed by atoms with Crippen LogP contribution in [0.15, 0.2) is 28.8 Å². The summed E-state index contributed by atoms with van der Waals surface area (Å²) in [6, 6.07) is 1.41. The number of carbonyl (C=O) groups excluding carboxylic acids is 6. The molecule has 0 bridgehead atoms. The maximum Gasteiger partial charge on any atom is 0.328 e. The van der Waals surface area contributed by atoms with E-state index in [9.17, 15) is 28.8 Å². The van der Waals surface area contributed by atoms with Crippen molar-refractivity contribution in [3.8, 4) is 0 Å². The smallest absolute Gasteiger partial charge is 0.328 e. The maximum atomic E-state index is 13.3. The fraction of sp³-hybridized carbons (Fsp3) is 0.455. The van der Waals surface area contributed by atoms with Crippen LogP contribution in [0.25, 0.3) is 0 Å². The van der Waals surface area contributed by atoms with Crippen LogP contribution in [0, 0.1) is 0 Å². The largest absolute Gasteiger partial charge is 0.469 e. The number of rotatable bonds is 10. The van der Waals surface area contributed by atoms with Crippen molar-refractivity contribution < 1.29 is 43.0 Å². The minimum Gasteiger partial charge on any atom is -0.469 e. The number of β-lactam (4-membered cyclic amide) rings is 1. The number of thiophene rings is 1. The van der Waals surface area contributed by atoms with E-state index in [2.05, 4.69) is 20.1 Å². The third-order valence-electron chi connectivity index (χ3n) is 5.33. The van der Waals surface area contributed by atoms with Crippen LogP contribution in [-0.4, -0.2) is 84.6 Å². The SMILES string of the molecule is COC(=O)CC(NC(=O)C1=C(COC(C)=O)CS[C@@H]2[C@H](NC(=O)Cc3cccs3)C(=O)N12)C(=O)OC. The van der Waals surface area contributed by atoms with Gasteiger partial charge in [0.25, 0.3) is 11.8 Å². The molecule has 12 nitrogen and oxygen atoms in total. The van der Waals surface area contributed by atoms with Gasteiger partial charge in [0.15, 0.2) is 0 Å². The molecule has 3 rings (SSSR count). The highest BCUT2D eigenvalue weighted by Crippen LogP contribution is 2.40. The van der Waals surface area contributed by atoms with Crippen molar-refractivity contribution in [1.29, 1.82) is 0 Å².